The molecule has 2 atom stereocenters. The Bertz CT molecular complexity index is 804. The monoisotopic (exact) mass is 416 g/mol. The van der Waals surface area contributed by atoms with Crippen LogP contribution in [0.2, 0.25) is 0 Å². The zero-order valence-corrected chi connectivity index (χ0v) is 18.0. The number of carbonyl (C=O) groups is 1. The Morgan fingerprint density at radius 2 is 2.07 bits per heavy atom. The maximum atomic E-state index is 12.4. The topological polar surface area (TPSA) is 100 Å². The van der Waals surface area contributed by atoms with Crippen molar-refractivity contribution < 1.29 is 17.9 Å². The number of sulfonamides is 1. The molecule has 0 radical (unpaired) electrons. The van der Waals surface area contributed by atoms with Gasteiger partial charge >= 0.3 is 5.97 Å². The number of ether oxygens (including phenoxy) is 1. The molecule has 0 bridgehead atoms. The van der Waals surface area contributed by atoms with Gasteiger partial charge < -0.3 is 15.0 Å². The van der Waals surface area contributed by atoms with Crippen LogP contribution in [0.1, 0.15) is 16.7 Å². The second-order valence-corrected chi connectivity index (χ2v) is 9.86. The fourth-order valence-corrected chi connectivity index (χ4v) is 5.83. The van der Waals surface area contributed by atoms with Crippen LogP contribution in [-0.2, 0) is 19.6 Å². The van der Waals surface area contributed by atoms with Crippen LogP contribution in [0.5, 0.6) is 0 Å². The van der Waals surface area contributed by atoms with Gasteiger partial charge in [-0.2, -0.15) is 0 Å². The zero-order valence-electron chi connectivity index (χ0n) is 16.4. The van der Waals surface area contributed by atoms with Gasteiger partial charge in [0.15, 0.2) is 5.96 Å². The molecule has 0 amide bonds. The summed E-state index contributed by atoms with van der Waals surface area (Å²) in [5.41, 5.74) is 0. The van der Waals surface area contributed by atoms with Gasteiger partial charge in [0.05, 0.1) is 17.9 Å². The molecule has 0 aromatic carbocycles. The van der Waals surface area contributed by atoms with E-state index in [0.717, 1.165) is 9.75 Å². The molecule has 1 aliphatic rings. The molecular weight excluding hydrogens is 388 g/mol. The van der Waals surface area contributed by atoms with Crippen LogP contribution in [0.4, 0.5) is 0 Å². The summed E-state index contributed by atoms with van der Waals surface area (Å²) >= 11 is 1.47. The van der Waals surface area contributed by atoms with Crippen molar-refractivity contribution in [3.8, 4) is 0 Å². The van der Waals surface area contributed by atoms with Crippen LogP contribution in [0.3, 0.4) is 0 Å². The third kappa shape index (κ3) is 5.20. The number of hydrogen-bond acceptors (Lipinski definition) is 6. The molecule has 0 saturated carbocycles. The predicted molar refractivity (Wildman–Crippen MR) is 107 cm³/mol. The number of nitrogens with one attached hydrogen (secondary N) is 2. The van der Waals surface area contributed by atoms with Crippen molar-refractivity contribution in [2.45, 2.75) is 25.7 Å². The first-order chi connectivity index (χ1) is 12.7. The van der Waals surface area contributed by atoms with Crippen LogP contribution in [-0.4, -0.2) is 65.6 Å². The van der Waals surface area contributed by atoms with Gasteiger partial charge in [0.2, 0.25) is 10.0 Å². The first-order valence-electron chi connectivity index (χ1n) is 8.79. The Kier molecular flexibility index (Phi) is 7.24. The van der Waals surface area contributed by atoms with Gasteiger partial charge in [-0.25, -0.2) is 13.1 Å². The normalized spacial score (nSPS) is 20.8. The number of hydrogen-bond donors (Lipinski definition) is 2. The van der Waals surface area contributed by atoms with Crippen LogP contribution in [0.15, 0.2) is 16.0 Å². The molecule has 10 heteroatoms. The predicted octanol–water partition coefficient (Wildman–Crippen LogP) is 0.960. The van der Waals surface area contributed by atoms with E-state index in [1.807, 2.05) is 18.7 Å². The maximum Gasteiger partial charge on any atom is 0.310 e. The highest BCUT2D eigenvalue weighted by molar-refractivity contribution is 7.89. The van der Waals surface area contributed by atoms with Gasteiger partial charge in [-0.15, -0.1) is 11.3 Å². The molecule has 1 aromatic rings. The number of aryl methyl sites for hydroxylation is 2. The first-order valence-corrected chi connectivity index (χ1v) is 11.1. The molecule has 0 spiro atoms. The number of guanidine groups is 1. The SMILES string of the molecule is CN=C(NCCNS(=O)(=O)c1cc(C)sc1C)N1CC(C)C(C(=O)OC)C1. The Morgan fingerprint density at radius 3 is 2.63 bits per heavy atom. The molecule has 27 heavy (non-hydrogen) atoms. The summed E-state index contributed by atoms with van der Waals surface area (Å²) in [5.74, 6) is 0.417. The third-order valence-electron chi connectivity index (χ3n) is 4.61. The Hall–Kier alpha value is -1.65. The molecule has 2 N–H and O–H groups in total. The Morgan fingerprint density at radius 1 is 1.37 bits per heavy atom. The van der Waals surface area contributed by atoms with Gasteiger partial charge in [0, 0.05) is 43.0 Å². The van der Waals surface area contributed by atoms with Crippen LogP contribution >= 0.6 is 11.3 Å². The van der Waals surface area contributed by atoms with Gasteiger partial charge in [-0.3, -0.25) is 9.79 Å². The quantitative estimate of drug-likeness (QED) is 0.310. The minimum Gasteiger partial charge on any atom is -0.469 e. The van der Waals surface area contributed by atoms with Crippen molar-refractivity contribution in [2.75, 3.05) is 40.3 Å². The van der Waals surface area contributed by atoms with Gasteiger partial charge in [-0.05, 0) is 25.8 Å². The largest absolute Gasteiger partial charge is 0.469 e. The Labute approximate surface area is 165 Å². The summed E-state index contributed by atoms with van der Waals surface area (Å²) in [6.45, 7) is 7.56. The van der Waals surface area contributed by atoms with Crippen LogP contribution in [0.25, 0.3) is 0 Å². The van der Waals surface area contributed by atoms with E-state index in [2.05, 4.69) is 15.0 Å². The summed E-state index contributed by atoms with van der Waals surface area (Å²) < 4.78 is 32.3. The van der Waals surface area contributed by atoms with Crippen molar-refractivity contribution >= 4 is 33.3 Å². The molecule has 8 nitrogen and oxygen atoms in total. The van der Waals surface area contributed by atoms with Gasteiger partial charge in [0.1, 0.15) is 0 Å². The summed E-state index contributed by atoms with van der Waals surface area (Å²) in [6.07, 6.45) is 0. The average molecular weight is 417 g/mol. The number of methoxy groups -OCH3 is 1. The second kappa shape index (κ2) is 9.03. The fraction of sp³-hybridized carbons (Fsp3) is 0.647. The minimum atomic E-state index is -3.52. The number of nitrogens with zero attached hydrogens (tertiary/aromatic N) is 2. The van der Waals surface area contributed by atoms with Crippen molar-refractivity contribution in [1.29, 1.82) is 0 Å². The summed E-state index contributed by atoms with van der Waals surface area (Å²) in [4.78, 5) is 20.1. The van der Waals surface area contributed by atoms with Crippen LogP contribution < -0.4 is 10.0 Å². The van der Waals surface area contributed by atoms with E-state index < -0.39 is 10.0 Å². The number of likely N-dealkylation sites (tertiary alicyclic amines) is 1. The van der Waals surface area contributed by atoms with Gasteiger partial charge in [-0.1, -0.05) is 6.92 Å². The molecule has 2 heterocycles. The standard InChI is InChI=1S/C17H28N4O4S2/c1-11-9-21(10-14(11)16(22)25-5)17(18-4)19-6-7-20-27(23,24)15-8-12(2)26-13(15)3/h8,11,14,20H,6-7,9-10H2,1-5H3,(H,18,19). The lowest BCUT2D eigenvalue weighted by atomic mass is 9.99. The zero-order chi connectivity index (χ0) is 20.2. The van der Waals surface area contributed by atoms with Crippen molar-refractivity contribution in [3.05, 3.63) is 15.8 Å². The second-order valence-electron chi connectivity index (χ2n) is 6.66. The lowest BCUT2D eigenvalue weighted by Gasteiger charge is -2.21. The molecule has 2 rings (SSSR count). The highest BCUT2D eigenvalue weighted by Crippen LogP contribution is 2.25. The van der Waals surface area contributed by atoms with Crippen molar-refractivity contribution in [1.82, 2.24) is 14.9 Å². The number of rotatable bonds is 6. The highest BCUT2D eigenvalue weighted by Gasteiger charge is 2.36. The smallest absolute Gasteiger partial charge is 0.310 e. The van der Waals surface area contributed by atoms with E-state index >= 15 is 0 Å². The minimum absolute atomic E-state index is 0.166. The molecule has 1 aliphatic heterocycles. The molecule has 1 aromatic heterocycles. The highest BCUT2D eigenvalue weighted by atomic mass is 32.2. The number of carbonyl (C=O) groups excluding carboxylic acids is 1. The lowest BCUT2D eigenvalue weighted by molar-refractivity contribution is -0.145. The summed E-state index contributed by atoms with van der Waals surface area (Å²) in [5, 5.41) is 3.15. The van der Waals surface area contributed by atoms with Gasteiger partial charge in [0.25, 0.3) is 0 Å². The van der Waals surface area contributed by atoms with E-state index in [-0.39, 0.29) is 24.3 Å². The third-order valence-corrected chi connectivity index (χ3v) is 7.30. The molecule has 2 unspecified atom stereocenters. The lowest BCUT2D eigenvalue weighted by Crippen LogP contribution is -2.43. The Balaban J connectivity index is 1.87. The van der Waals surface area contributed by atoms with Crippen molar-refractivity contribution in [3.63, 3.8) is 0 Å². The number of aliphatic imine (C=N–C) groups is 1. The van der Waals surface area contributed by atoms with E-state index in [1.165, 1.54) is 18.4 Å². The molecule has 152 valence electrons. The van der Waals surface area contributed by atoms with E-state index in [0.29, 0.717) is 30.5 Å². The maximum absolute atomic E-state index is 12.4. The number of thiophene rings is 1. The molecule has 0 aliphatic carbocycles. The fourth-order valence-electron chi connectivity index (χ4n) is 3.24. The first kappa shape index (κ1) is 21.6. The molecular formula is C17H28N4O4S2. The van der Waals surface area contributed by atoms with E-state index in [9.17, 15) is 13.2 Å². The number of esters is 1. The summed E-state index contributed by atoms with van der Waals surface area (Å²) in [7, 11) is -0.457. The molecule has 1 fully saturated rings. The average Bonchev–Trinajstić information content (AvgIpc) is 3.16. The summed E-state index contributed by atoms with van der Waals surface area (Å²) in [6, 6.07) is 1.69. The van der Waals surface area contributed by atoms with Crippen LogP contribution in [0, 0.1) is 25.7 Å². The molecule has 1 saturated heterocycles. The van der Waals surface area contributed by atoms with E-state index in [1.54, 1.807) is 20.0 Å². The van der Waals surface area contributed by atoms with Crippen molar-refractivity contribution in [2.24, 2.45) is 16.8 Å². The van der Waals surface area contributed by atoms with E-state index in [4.69, 9.17) is 4.74 Å².